The van der Waals surface area contributed by atoms with E-state index in [0.717, 1.165) is 49.0 Å². The van der Waals surface area contributed by atoms with Gasteiger partial charge in [0.15, 0.2) is 0 Å². The molecule has 8 aromatic carbocycles. The Morgan fingerprint density at radius 3 is 2.09 bits per heavy atom. The fourth-order valence-corrected chi connectivity index (χ4v) is 6.86. The highest BCUT2D eigenvalue weighted by Crippen LogP contribution is 2.47. The number of hydrogen-bond donors (Lipinski definition) is 0. The van der Waals surface area contributed by atoms with Crippen LogP contribution >= 0.6 is 0 Å². The van der Waals surface area contributed by atoms with E-state index in [4.69, 9.17) is 7.48 Å². The largest absolute Gasteiger partial charge is 0.456 e. The zero-order valence-corrected chi connectivity index (χ0v) is 24.4. The number of aromatic nitrogens is 1. The van der Waals surface area contributed by atoms with Crippen LogP contribution in [0.15, 0.2) is 164 Å². The van der Waals surface area contributed by atoms with E-state index in [9.17, 15) is 6.85 Å². The molecule has 0 amide bonds. The van der Waals surface area contributed by atoms with Gasteiger partial charge in [-0.2, -0.15) is 0 Å². The molecule has 0 radical (unpaired) electrons. The normalized spacial score (nSPS) is 14.2. The van der Waals surface area contributed by atoms with Crippen molar-refractivity contribution in [3.8, 4) is 50.6 Å². The molecule has 2 heterocycles. The number of benzene rings is 8. The summed E-state index contributed by atoms with van der Waals surface area (Å²) in [7, 11) is 0. The first-order valence-electron chi connectivity index (χ1n) is 18.7. The molecule has 2 nitrogen and oxygen atoms in total. The first-order valence-corrected chi connectivity index (χ1v) is 15.2. The summed E-state index contributed by atoms with van der Waals surface area (Å²) in [5.74, 6) is 0.592. The molecule has 1 aliphatic heterocycles. The van der Waals surface area contributed by atoms with Gasteiger partial charge in [-0.25, -0.2) is 0 Å². The van der Waals surface area contributed by atoms with Crippen LogP contribution in [0.4, 0.5) is 0 Å². The highest BCUT2D eigenvalue weighted by atomic mass is 16.5. The predicted octanol–water partition coefficient (Wildman–Crippen LogP) is 12.2. The van der Waals surface area contributed by atoms with Crippen molar-refractivity contribution in [2.45, 2.75) is 0 Å². The molecular formula is C44H27NO. The van der Waals surface area contributed by atoms with Crippen molar-refractivity contribution in [1.29, 1.82) is 0 Å². The van der Waals surface area contributed by atoms with Gasteiger partial charge < -0.3 is 9.30 Å². The second-order valence-electron chi connectivity index (χ2n) is 11.6. The van der Waals surface area contributed by atoms with Gasteiger partial charge in [0.25, 0.3) is 0 Å². The van der Waals surface area contributed by atoms with Crippen molar-refractivity contribution in [3.63, 3.8) is 0 Å². The Kier molecular flexibility index (Phi) is 4.07. The van der Waals surface area contributed by atoms with Crippen LogP contribution in [0.1, 0.15) is 9.60 Å². The quantitative estimate of drug-likeness (QED) is 0.199. The molecule has 0 atom stereocenters. The minimum Gasteiger partial charge on any atom is -0.456 e. The van der Waals surface area contributed by atoms with Gasteiger partial charge in [0.1, 0.15) is 11.5 Å². The maximum Gasteiger partial charge on any atom is 0.135 e. The number of ether oxygens (including phenoxy) is 1. The zero-order valence-electron chi connectivity index (χ0n) is 31.4. The third kappa shape index (κ3) is 3.71. The molecule has 0 fully saturated rings. The van der Waals surface area contributed by atoms with Gasteiger partial charge in [-0.15, -0.1) is 0 Å². The van der Waals surface area contributed by atoms with Crippen molar-refractivity contribution in [1.82, 2.24) is 4.57 Å². The van der Waals surface area contributed by atoms with Crippen molar-refractivity contribution >= 4 is 43.4 Å². The average Bonchev–Trinajstić information content (AvgIpc) is 3.52. The minimum atomic E-state index is -0.392. The summed E-state index contributed by atoms with van der Waals surface area (Å²) in [6, 6.07) is 37.2. The molecule has 1 aliphatic rings. The molecule has 0 saturated heterocycles. The highest BCUT2D eigenvalue weighted by Gasteiger charge is 2.20. The highest BCUT2D eigenvalue weighted by molar-refractivity contribution is 6.19. The van der Waals surface area contributed by atoms with Crippen LogP contribution in [0.2, 0.25) is 0 Å². The van der Waals surface area contributed by atoms with Gasteiger partial charge in [0.2, 0.25) is 0 Å². The third-order valence-corrected chi connectivity index (χ3v) is 8.96. The van der Waals surface area contributed by atoms with Gasteiger partial charge >= 0.3 is 0 Å². The molecule has 0 N–H and O–H groups in total. The lowest BCUT2D eigenvalue weighted by molar-refractivity contribution is 0.487. The topological polar surface area (TPSA) is 14.2 Å². The second-order valence-corrected chi connectivity index (χ2v) is 11.6. The Balaban J connectivity index is 1.21. The summed E-state index contributed by atoms with van der Waals surface area (Å²) in [4.78, 5) is 0. The Bertz CT molecular complexity index is 3030. The Hall–Kier alpha value is -6.12. The number of hydrogen-bond acceptors (Lipinski definition) is 1. The third-order valence-electron chi connectivity index (χ3n) is 8.96. The smallest absolute Gasteiger partial charge is 0.135 e. The van der Waals surface area contributed by atoms with E-state index >= 15 is 0 Å². The molecule has 2 heteroatoms. The number of para-hydroxylation sites is 1. The number of fused-ring (bicyclic) bond motifs is 7. The molecule has 10 rings (SSSR count). The first-order chi connectivity index (χ1) is 25.7. The average molecular weight is 593 g/mol. The van der Waals surface area contributed by atoms with Crippen LogP contribution in [-0.4, -0.2) is 4.57 Å². The molecule has 214 valence electrons. The molecule has 0 saturated carbocycles. The molecule has 46 heavy (non-hydrogen) atoms. The van der Waals surface area contributed by atoms with Crippen LogP contribution in [0, 0.1) is 0 Å². The standard InChI is InChI=1S/C44H27NO/c1-2-11-34(12-3-1)45-40-24-21-32(26-38(40)37-23-20-30-8-4-5-13-35(30)44(37)45)28-16-18-29(19-17-28)33-22-25-41-39(27-33)36-14-6-9-31-10-7-15-42(46-41)43(31)36/h1-27H/i16D,17D,18D,19D,22D,25D,27D. The minimum absolute atomic E-state index is 0.0672. The number of rotatable bonds is 3. The van der Waals surface area contributed by atoms with Gasteiger partial charge in [-0.05, 0) is 81.0 Å². The Labute approximate surface area is 276 Å². The van der Waals surface area contributed by atoms with Gasteiger partial charge in [-0.3, -0.25) is 0 Å². The van der Waals surface area contributed by atoms with Crippen LogP contribution in [0.3, 0.4) is 0 Å². The van der Waals surface area contributed by atoms with Gasteiger partial charge in [0, 0.05) is 32.8 Å². The monoisotopic (exact) mass is 592 g/mol. The molecule has 0 bridgehead atoms. The van der Waals surface area contributed by atoms with Crippen LogP contribution in [0.25, 0.3) is 82.4 Å². The van der Waals surface area contributed by atoms with Crippen LogP contribution in [-0.2, 0) is 0 Å². The second kappa shape index (κ2) is 9.69. The fraction of sp³-hybridized carbons (Fsp3) is 0. The lowest BCUT2D eigenvalue weighted by Gasteiger charge is -2.22. The molecule has 9 aromatic rings. The summed E-state index contributed by atoms with van der Waals surface area (Å²) >= 11 is 0. The maximum atomic E-state index is 9.38. The van der Waals surface area contributed by atoms with E-state index in [2.05, 4.69) is 41.0 Å². The summed E-state index contributed by atoms with van der Waals surface area (Å²) in [5.41, 5.74) is 4.22. The van der Waals surface area contributed by atoms with Crippen molar-refractivity contribution in [2.24, 2.45) is 0 Å². The summed E-state index contributed by atoms with van der Waals surface area (Å²) in [5, 5.41) is 5.73. The molecule has 0 aliphatic carbocycles. The summed E-state index contributed by atoms with van der Waals surface area (Å²) in [6.07, 6.45) is 0. The van der Waals surface area contributed by atoms with Crippen molar-refractivity contribution < 1.29 is 14.3 Å². The maximum absolute atomic E-state index is 9.38. The van der Waals surface area contributed by atoms with Gasteiger partial charge in [-0.1, -0.05) is 121 Å². The van der Waals surface area contributed by atoms with Crippen molar-refractivity contribution in [2.75, 3.05) is 0 Å². The summed E-state index contributed by atoms with van der Waals surface area (Å²) < 4.78 is 72.7. The first kappa shape index (κ1) is 19.3. The van der Waals surface area contributed by atoms with E-state index in [1.54, 1.807) is 6.07 Å². The van der Waals surface area contributed by atoms with E-state index in [1.807, 2.05) is 78.9 Å². The van der Waals surface area contributed by atoms with E-state index in [1.165, 1.54) is 0 Å². The van der Waals surface area contributed by atoms with Gasteiger partial charge in [0.05, 0.1) is 20.6 Å². The molecular weight excluding hydrogens is 558 g/mol. The van der Waals surface area contributed by atoms with E-state index in [-0.39, 0.29) is 58.7 Å². The molecule has 1 aromatic heterocycles. The molecule has 0 unspecified atom stereocenters. The molecule has 0 spiro atoms. The zero-order chi connectivity index (χ0) is 36.3. The number of nitrogens with zero attached hydrogens (tertiary/aromatic N) is 1. The van der Waals surface area contributed by atoms with Crippen LogP contribution in [0.5, 0.6) is 11.5 Å². The Morgan fingerprint density at radius 2 is 1.22 bits per heavy atom. The SMILES string of the molecule is [2H]c1c([2H])c(-c2c([2H])c([2H])c(-c3ccc4c(c3)c3ccc5ccccc5c3n4-c3ccccc3)c([2H])c2[2H])c([2H])c2c1Oc1cccc3cccc-2c13. The van der Waals surface area contributed by atoms with Crippen LogP contribution < -0.4 is 4.74 Å². The van der Waals surface area contributed by atoms with E-state index < -0.39 is 6.04 Å². The fourth-order valence-electron chi connectivity index (χ4n) is 6.86. The van der Waals surface area contributed by atoms with Crippen molar-refractivity contribution in [3.05, 3.63) is 164 Å². The lowest BCUT2D eigenvalue weighted by atomic mass is 9.92. The van der Waals surface area contributed by atoms with E-state index in [0.29, 0.717) is 22.4 Å². The Morgan fingerprint density at radius 1 is 0.478 bits per heavy atom. The summed E-state index contributed by atoms with van der Waals surface area (Å²) in [6.45, 7) is 0. The lowest BCUT2D eigenvalue weighted by Crippen LogP contribution is -1.97. The predicted molar refractivity (Wildman–Crippen MR) is 192 cm³/mol.